The first-order chi connectivity index (χ1) is 14.3. The first kappa shape index (κ1) is 22.7. The second-order valence-electron chi connectivity index (χ2n) is 13.1. The zero-order chi connectivity index (χ0) is 21.6. The lowest BCUT2D eigenvalue weighted by atomic mass is 9.40. The summed E-state index contributed by atoms with van der Waals surface area (Å²) in [7, 11) is 0. The second kappa shape index (κ2) is 8.46. The number of hydrogen-bond donors (Lipinski definition) is 0. The van der Waals surface area contributed by atoms with Crippen LogP contribution in [-0.4, -0.2) is 0 Å². The molecule has 1 unspecified atom stereocenters. The summed E-state index contributed by atoms with van der Waals surface area (Å²) in [6, 6.07) is 0. The molecule has 0 bridgehead atoms. The van der Waals surface area contributed by atoms with Gasteiger partial charge in [0.25, 0.3) is 0 Å². The molecule has 4 fully saturated rings. The molecule has 0 amide bonds. The van der Waals surface area contributed by atoms with E-state index in [0.29, 0.717) is 16.2 Å². The standard InChI is InChI=1S/C30H50/c1-7-17-30-19-9-8-18-29(30,6)27-16-20-28(5)25(23(4)12-10-11-22(2)3)13-14-26(28)24(27)15-21-30/h17,22-27H,1,8-16,18-21H2,2-6H3/t23-,24+,25-,26+,27+,28-,29-,30?/m1/s1. The molecule has 4 aliphatic carbocycles. The summed E-state index contributed by atoms with van der Waals surface area (Å²) >= 11 is 0. The van der Waals surface area contributed by atoms with E-state index in [-0.39, 0.29) is 0 Å². The van der Waals surface area contributed by atoms with Crippen LogP contribution in [-0.2, 0) is 0 Å². The number of rotatable bonds is 6. The summed E-state index contributed by atoms with van der Waals surface area (Å²) in [5.74, 6) is 5.71. The van der Waals surface area contributed by atoms with Crippen LogP contribution >= 0.6 is 0 Å². The molecule has 4 rings (SSSR count). The quantitative estimate of drug-likeness (QED) is 0.383. The van der Waals surface area contributed by atoms with Crippen LogP contribution in [0.4, 0.5) is 0 Å². The molecule has 170 valence electrons. The predicted octanol–water partition coefficient (Wildman–Crippen LogP) is 9.21. The van der Waals surface area contributed by atoms with Crippen molar-refractivity contribution in [1.29, 1.82) is 0 Å². The Morgan fingerprint density at radius 1 is 0.900 bits per heavy atom. The molecule has 0 nitrogen and oxygen atoms in total. The summed E-state index contributed by atoms with van der Waals surface area (Å²) in [4.78, 5) is 0. The third-order valence-electron chi connectivity index (χ3n) is 11.5. The summed E-state index contributed by atoms with van der Waals surface area (Å²) in [5.41, 5.74) is 4.81. The van der Waals surface area contributed by atoms with Crippen molar-refractivity contribution < 1.29 is 0 Å². The topological polar surface area (TPSA) is 0 Å². The van der Waals surface area contributed by atoms with Crippen molar-refractivity contribution in [3.63, 3.8) is 0 Å². The molecule has 0 aromatic rings. The maximum atomic E-state index is 4.02. The molecule has 0 aromatic carbocycles. The Balaban J connectivity index is 1.53. The molecular weight excluding hydrogens is 360 g/mol. The molecular formula is C30H50. The van der Waals surface area contributed by atoms with Crippen molar-refractivity contribution in [1.82, 2.24) is 0 Å². The maximum Gasteiger partial charge on any atom is 0.00139 e. The average molecular weight is 411 g/mol. The molecule has 0 heteroatoms. The zero-order valence-corrected chi connectivity index (χ0v) is 20.9. The van der Waals surface area contributed by atoms with Crippen molar-refractivity contribution in [2.75, 3.05) is 0 Å². The van der Waals surface area contributed by atoms with Crippen LogP contribution in [0.1, 0.15) is 118 Å². The van der Waals surface area contributed by atoms with Crippen LogP contribution in [0.5, 0.6) is 0 Å². The van der Waals surface area contributed by atoms with E-state index in [1.54, 1.807) is 0 Å². The molecule has 4 saturated carbocycles. The summed E-state index contributed by atoms with van der Waals surface area (Å²) in [6.45, 7) is 16.8. The minimum atomic E-state index is 0.407. The molecule has 0 aromatic heterocycles. The Hall–Kier alpha value is -0.480. The highest BCUT2D eigenvalue weighted by Crippen LogP contribution is 2.71. The Morgan fingerprint density at radius 3 is 2.40 bits per heavy atom. The molecule has 0 aliphatic heterocycles. The smallest absolute Gasteiger partial charge is 0.00139 e. The van der Waals surface area contributed by atoms with E-state index >= 15 is 0 Å². The van der Waals surface area contributed by atoms with Gasteiger partial charge in [-0.15, -0.1) is 5.73 Å². The highest BCUT2D eigenvalue weighted by molar-refractivity contribution is 5.17. The van der Waals surface area contributed by atoms with E-state index in [1.165, 1.54) is 83.5 Å². The SMILES string of the molecule is C=C=CC12CCCC[C@]1(C)[C@H]1CC[C@]3(C)[C@@H]([C@H](C)CCCC(C)C)CC[C@H]3[C@@H]1CC2. The van der Waals surface area contributed by atoms with Crippen molar-refractivity contribution in [3.8, 4) is 0 Å². The van der Waals surface area contributed by atoms with Gasteiger partial charge in [0.05, 0.1) is 0 Å². The summed E-state index contributed by atoms with van der Waals surface area (Å²) < 4.78 is 0. The normalized spacial score (nSPS) is 46.5. The lowest BCUT2D eigenvalue weighted by Crippen LogP contribution is -2.57. The van der Waals surface area contributed by atoms with Gasteiger partial charge in [0.1, 0.15) is 0 Å². The largest absolute Gasteiger partial charge is 0.132 e. The van der Waals surface area contributed by atoms with Gasteiger partial charge in [-0.3, -0.25) is 0 Å². The van der Waals surface area contributed by atoms with Crippen LogP contribution in [0, 0.1) is 51.8 Å². The van der Waals surface area contributed by atoms with Crippen molar-refractivity contribution in [2.24, 2.45) is 51.8 Å². The predicted molar refractivity (Wildman–Crippen MR) is 130 cm³/mol. The first-order valence-electron chi connectivity index (χ1n) is 13.6. The monoisotopic (exact) mass is 410 g/mol. The van der Waals surface area contributed by atoms with Crippen molar-refractivity contribution in [3.05, 3.63) is 18.4 Å². The number of fused-ring (bicyclic) bond motifs is 5. The lowest BCUT2D eigenvalue weighted by Gasteiger charge is -2.64. The van der Waals surface area contributed by atoms with E-state index in [1.807, 2.05) is 0 Å². The van der Waals surface area contributed by atoms with E-state index < -0.39 is 0 Å². The fraction of sp³-hybridized carbons (Fsp3) is 0.900. The van der Waals surface area contributed by atoms with E-state index in [9.17, 15) is 0 Å². The van der Waals surface area contributed by atoms with E-state index in [0.717, 1.165) is 35.5 Å². The molecule has 0 radical (unpaired) electrons. The highest BCUT2D eigenvalue weighted by Gasteiger charge is 2.63. The van der Waals surface area contributed by atoms with Gasteiger partial charge in [-0.25, -0.2) is 0 Å². The van der Waals surface area contributed by atoms with Crippen LogP contribution in [0.15, 0.2) is 18.4 Å². The third kappa shape index (κ3) is 3.49. The number of allylic oxidation sites excluding steroid dienone is 1. The van der Waals surface area contributed by atoms with Crippen LogP contribution < -0.4 is 0 Å². The second-order valence-corrected chi connectivity index (χ2v) is 13.1. The van der Waals surface area contributed by atoms with Crippen molar-refractivity contribution >= 4 is 0 Å². The summed E-state index contributed by atoms with van der Waals surface area (Å²) in [5, 5.41) is 0. The van der Waals surface area contributed by atoms with E-state index in [2.05, 4.69) is 53.0 Å². The minimum Gasteiger partial charge on any atom is -0.132 e. The van der Waals surface area contributed by atoms with Gasteiger partial charge in [0.2, 0.25) is 0 Å². The molecule has 8 atom stereocenters. The van der Waals surface area contributed by atoms with Gasteiger partial charge in [0.15, 0.2) is 0 Å². The Bertz CT molecular complexity index is 653. The highest BCUT2D eigenvalue weighted by atomic mass is 14.7. The van der Waals surface area contributed by atoms with Gasteiger partial charge >= 0.3 is 0 Å². The third-order valence-corrected chi connectivity index (χ3v) is 11.5. The fourth-order valence-corrected chi connectivity index (χ4v) is 9.87. The van der Waals surface area contributed by atoms with Crippen LogP contribution in [0.2, 0.25) is 0 Å². The summed E-state index contributed by atoms with van der Waals surface area (Å²) in [6.07, 6.45) is 21.4. The Labute approximate surface area is 188 Å². The van der Waals surface area contributed by atoms with E-state index in [4.69, 9.17) is 0 Å². The Kier molecular flexibility index (Phi) is 6.40. The molecule has 4 aliphatic rings. The molecule has 0 N–H and O–H groups in total. The lowest BCUT2D eigenvalue weighted by molar-refractivity contribution is -0.142. The fourth-order valence-electron chi connectivity index (χ4n) is 9.87. The average Bonchev–Trinajstić information content (AvgIpc) is 3.05. The zero-order valence-electron chi connectivity index (χ0n) is 20.9. The van der Waals surface area contributed by atoms with Crippen LogP contribution in [0.25, 0.3) is 0 Å². The first-order valence-corrected chi connectivity index (χ1v) is 13.6. The molecule has 0 saturated heterocycles. The maximum absolute atomic E-state index is 4.02. The molecule has 0 spiro atoms. The minimum absolute atomic E-state index is 0.407. The van der Waals surface area contributed by atoms with Gasteiger partial charge in [0, 0.05) is 5.41 Å². The molecule has 0 heterocycles. The molecule has 30 heavy (non-hydrogen) atoms. The van der Waals surface area contributed by atoms with Crippen molar-refractivity contribution in [2.45, 2.75) is 118 Å². The van der Waals surface area contributed by atoms with Crippen LogP contribution in [0.3, 0.4) is 0 Å². The number of hydrogen-bond acceptors (Lipinski definition) is 0. The Morgan fingerprint density at radius 2 is 1.67 bits per heavy atom. The van der Waals surface area contributed by atoms with Gasteiger partial charge in [-0.2, -0.15) is 0 Å². The van der Waals surface area contributed by atoms with Gasteiger partial charge in [-0.05, 0) is 104 Å². The van der Waals surface area contributed by atoms with Gasteiger partial charge < -0.3 is 0 Å². The van der Waals surface area contributed by atoms with Gasteiger partial charge in [-0.1, -0.05) is 73.3 Å².